The van der Waals surface area contributed by atoms with Gasteiger partial charge in [0.1, 0.15) is 104 Å². The maximum atomic E-state index is 11.2. The van der Waals surface area contributed by atoms with Gasteiger partial charge in [0, 0.05) is 0 Å². The Morgan fingerprint density at radius 2 is 0.956 bits per heavy atom. The minimum absolute atomic E-state index is 0.722. The van der Waals surface area contributed by atoms with E-state index >= 15 is 0 Å². The number of ether oxygens (including phenoxy) is 6. The van der Waals surface area contributed by atoms with Crippen molar-refractivity contribution in [2.24, 2.45) is 0 Å². The van der Waals surface area contributed by atoms with Crippen LogP contribution in [0.2, 0.25) is 0 Å². The lowest BCUT2D eigenvalue weighted by atomic mass is 9.83. The Hall–Kier alpha value is -0.840. The second-order valence-corrected chi connectivity index (χ2v) is 11.4. The van der Waals surface area contributed by atoms with Gasteiger partial charge in [-0.2, -0.15) is 0 Å². The van der Waals surface area contributed by atoms with Crippen LogP contribution in [-0.2, 0) is 28.4 Å². The van der Waals surface area contributed by atoms with Crippen LogP contribution in [0.1, 0.15) is 0 Å². The summed E-state index contributed by atoms with van der Waals surface area (Å²) in [5.41, 5.74) is 0. The number of aliphatic hydroxyl groups is 15. The van der Waals surface area contributed by atoms with Gasteiger partial charge < -0.3 is 105 Å². The van der Waals surface area contributed by atoms with Crippen LogP contribution in [0.25, 0.3) is 0 Å². The van der Waals surface area contributed by atoms with E-state index in [0.717, 1.165) is 0 Å². The van der Waals surface area contributed by atoms with Crippen LogP contribution in [-0.4, -0.2) is 225 Å². The summed E-state index contributed by atoms with van der Waals surface area (Å²) in [7, 11) is 0. The fraction of sp³-hybridized carbons (Fsp3) is 1.00. The summed E-state index contributed by atoms with van der Waals surface area (Å²) in [5.74, 6) is -3.09. The first-order valence-corrected chi connectivity index (χ1v) is 14.1. The first-order chi connectivity index (χ1) is 21.1. The zero-order valence-electron chi connectivity index (χ0n) is 23.5. The molecule has 0 aromatic rings. The summed E-state index contributed by atoms with van der Waals surface area (Å²) >= 11 is 0. The number of rotatable bonds is 9. The van der Waals surface area contributed by atoms with Gasteiger partial charge in [-0.15, -0.1) is 0 Å². The molecule has 4 aliphatic heterocycles. The molecule has 15 N–H and O–H groups in total. The Balaban J connectivity index is 1.47. The Morgan fingerprint density at radius 3 is 1.51 bits per heavy atom. The monoisotopic (exact) mass is 666 g/mol. The summed E-state index contributed by atoms with van der Waals surface area (Å²) in [4.78, 5) is 0. The van der Waals surface area contributed by atoms with Crippen molar-refractivity contribution in [3.8, 4) is 0 Å². The van der Waals surface area contributed by atoms with Gasteiger partial charge in [0.2, 0.25) is 5.79 Å². The van der Waals surface area contributed by atoms with E-state index < -0.39 is 149 Å². The lowest BCUT2D eigenvalue weighted by Gasteiger charge is -2.53. The molecule has 4 heterocycles. The molecule has 0 aromatic heterocycles. The molecule has 4 fully saturated rings. The minimum Gasteiger partial charge on any atom is -0.394 e. The second-order valence-electron chi connectivity index (χ2n) is 11.4. The predicted octanol–water partition coefficient (Wildman–Crippen LogP) is -10.4. The molecule has 0 spiro atoms. The Bertz CT molecular complexity index is 943. The zero-order valence-corrected chi connectivity index (χ0v) is 23.5. The van der Waals surface area contributed by atoms with Crippen molar-refractivity contribution >= 4 is 0 Å². The number of aliphatic hydroxyl groups excluding tert-OH is 14. The maximum Gasteiger partial charge on any atom is 0.225 e. The Morgan fingerprint density at radius 1 is 0.489 bits per heavy atom. The summed E-state index contributed by atoms with van der Waals surface area (Å²) in [6.45, 7) is -3.45. The Labute approximate surface area is 254 Å². The molecule has 0 aliphatic carbocycles. The van der Waals surface area contributed by atoms with E-state index in [1.807, 2.05) is 0 Å². The molecule has 4 rings (SSSR count). The summed E-state index contributed by atoms with van der Waals surface area (Å²) < 4.78 is 32.1. The maximum absolute atomic E-state index is 11.2. The topological polar surface area (TPSA) is 359 Å². The highest BCUT2D eigenvalue weighted by Gasteiger charge is 2.63. The van der Waals surface area contributed by atoms with Gasteiger partial charge in [0.15, 0.2) is 12.6 Å². The molecule has 264 valence electrons. The minimum atomic E-state index is -3.09. The fourth-order valence-electron chi connectivity index (χ4n) is 5.73. The van der Waals surface area contributed by atoms with Gasteiger partial charge in [-0.25, -0.2) is 0 Å². The van der Waals surface area contributed by atoms with Crippen molar-refractivity contribution in [2.45, 2.75) is 122 Å². The van der Waals surface area contributed by atoms with Crippen LogP contribution in [0.5, 0.6) is 0 Å². The molecule has 2 unspecified atom stereocenters. The first-order valence-electron chi connectivity index (χ1n) is 14.1. The van der Waals surface area contributed by atoms with Crippen LogP contribution in [0.4, 0.5) is 0 Å². The third-order valence-corrected chi connectivity index (χ3v) is 8.50. The lowest BCUT2D eigenvalue weighted by Crippen LogP contribution is -2.75. The van der Waals surface area contributed by atoms with Crippen LogP contribution in [0, 0.1) is 0 Å². The van der Waals surface area contributed by atoms with Gasteiger partial charge >= 0.3 is 0 Å². The molecule has 0 radical (unpaired) electrons. The van der Waals surface area contributed by atoms with Crippen molar-refractivity contribution in [3.63, 3.8) is 0 Å². The van der Waals surface area contributed by atoms with E-state index in [1.54, 1.807) is 0 Å². The van der Waals surface area contributed by atoms with Crippen molar-refractivity contribution in [1.82, 2.24) is 0 Å². The van der Waals surface area contributed by atoms with E-state index in [4.69, 9.17) is 28.4 Å². The van der Waals surface area contributed by atoms with Gasteiger partial charge in [-0.1, -0.05) is 0 Å². The standard InChI is InChI=1S/C24H42O21/c25-1-5-9(28)12(31)15(34)21(41-5)24(39)20(38)18(37)19(7(3-27)45-24)44-23-17(36)14(33)11(30)8(43-23)4-40-22-16(35)13(32)10(29)6(2-26)42-22/h5-23,25-39H,1-4H2/t5-,6-,7-,8-,9+,10+,11+,12+,13+,14+,15-,16-,17-,18+,19-,20-,21?,22-,23+,24?/m1/s1. The molecule has 0 aromatic carbocycles. The summed E-state index contributed by atoms with van der Waals surface area (Å²) in [6.07, 6.45) is -35.8. The van der Waals surface area contributed by atoms with Crippen molar-refractivity contribution in [1.29, 1.82) is 0 Å². The first kappa shape index (κ1) is 37.0. The van der Waals surface area contributed by atoms with E-state index in [1.165, 1.54) is 0 Å². The molecule has 20 atom stereocenters. The molecule has 45 heavy (non-hydrogen) atoms. The molecular weight excluding hydrogens is 624 g/mol. The molecule has 4 saturated heterocycles. The van der Waals surface area contributed by atoms with Crippen molar-refractivity contribution in [2.75, 3.05) is 26.4 Å². The molecule has 0 bridgehead atoms. The van der Waals surface area contributed by atoms with Gasteiger partial charge in [0.05, 0.1) is 26.4 Å². The van der Waals surface area contributed by atoms with Crippen LogP contribution >= 0.6 is 0 Å². The summed E-state index contributed by atoms with van der Waals surface area (Å²) in [5, 5.41) is 154. The molecule has 4 aliphatic rings. The highest BCUT2D eigenvalue weighted by Crippen LogP contribution is 2.39. The lowest BCUT2D eigenvalue weighted by molar-refractivity contribution is -0.420. The van der Waals surface area contributed by atoms with Crippen molar-refractivity contribution in [3.05, 3.63) is 0 Å². The van der Waals surface area contributed by atoms with Gasteiger partial charge in [-0.05, 0) is 0 Å². The van der Waals surface area contributed by atoms with Crippen LogP contribution in [0.3, 0.4) is 0 Å². The highest BCUT2D eigenvalue weighted by molar-refractivity contribution is 5.07. The largest absolute Gasteiger partial charge is 0.394 e. The Kier molecular flexibility index (Phi) is 12.1. The SMILES string of the molecule is OC[C@H]1O[C@@H](OC[C@H]2O[C@@H](O[C@H]3[C@H](O)[C@@H](O)C(O)(C4O[C@H](CO)[C@H](O)[C@H](O)[C@H]4O)O[C@@H]3CO)[C@H](O)[C@@H](O)[C@H]2O)[C@H](O)[C@@H](O)[C@H]1O. The molecule has 21 nitrogen and oxygen atoms in total. The van der Waals surface area contributed by atoms with E-state index in [-0.39, 0.29) is 0 Å². The van der Waals surface area contributed by atoms with E-state index in [0.29, 0.717) is 0 Å². The normalized spacial score (nSPS) is 54.6. The van der Waals surface area contributed by atoms with E-state index in [9.17, 15) is 76.6 Å². The van der Waals surface area contributed by atoms with Crippen LogP contribution < -0.4 is 0 Å². The molecule has 0 amide bonds. The molecular formula is C24H42O21. The number of hydrogen-bond donors (Lipinski definition) is 15. The number of hydrogen-bond acceptors (Lipinski definition) is 21. The van der Waals surface area contributed by atoms with Gasteiger partial charge in [0.25, 0.3) is 0 Å². The smallest absolute Gasteiger partial charge is 0.225 e. The summed E-state index contributed by atoms with van der Waals surface area (Å²) in [6, 6.07) is 0. The van der Waals surface area contributed by atoms with E-state index in [2.05, 4.69) is 0 Å². The van der Waals surface area contributed by atoms with Gasteiger partial charge in [-0.3, -0.25) is 0 Å². The predicted molar refractivity (Wildman–Crippen MR) is 134 cm³/mol. The third kappa shape index (κ3) is 6.87. The third-order valence-electron chi connectivity index (χ3n) is 8.50. The zero-order chi connectivity index (χ0) is 33.5. The molecule has 0 saturated carbocycles. The van der Waals surface area contributed by atoms with Crippen LogP contribution in [0.15, 0.2) is 0 Å². The average molecular weight is 667 g/mol. The van der Waals surface area contributed by atoms with Crippen molar-refractivity contribution < 1.29 is 105 Å². The fourth-order valence-corrected chi connectivity index (χ4v) is 5.73. The highest BCUT2D eigenvalue weighted by atomic mass is 16.8. The quantitative estimate of drug-likeness (QED) is 0.109. The molecule has 21 heteroatoms. The second kappa shape index (κ2) is 14.7. The average Bonchev–Trinajstić information content (AvgIpc) is 3.03.